The van der Waals surface area contributed by atoms with Crippen LogP contribution in [0.1, 0.15) is 25.0 Å². The molecule has 0 aliphatic carbocycles. The third-order valence-electron chi connectivity index (χ3n) is 3.21. The minimum Gasteiger partial charge on any atom is -0.497 e. The van der Waals surface area contributed by atoms with E-state index in [-0.39, 0.29) is 0 Å². The summed E-state index contributed by atoms with van der Waals surface area (Å²) in [6, 6.07) is 5.84. The Morgan fingerprint density at radius 3 is 2.65 bits per heavy atom. The number of methoxy groups -OCH3 is 2. The minimum atomic E-state index is -0.614. The third-order valence-corrected chi connectivity index (χ3v) is 3.85. The van der Waals surface area contributed by atoms with E-state index in [2.05, 4.69) is 18.5 Å². The quantitative estimate of drug-likeness (QED) is 0.733. The van der Waals surface area contributed by atoms with Gasteiger partial charge in [-0.2, -0.15) is 11.8 Å². The Morgan fingerprint density at radius 1 is 1.30 bits per heavy atom. The number of thioether (sulfide) groups is 1. The van der Waals surface area contributed by atoms with Gasteiger partial charge < -0.3 is 19.9 Å². The molecule has 1 aromatic carbocycles. The molecule has 0 bridgehead atoms. The van der Waals surface area contributed by atoms with Crippen molar-refractivity contribution >= 4 is 11.8 Å². The molecule has 114 valence electrons. The first-order valence-electron chi connectivity index (χ1n) is 6.74. The van der Waals surface area contributed by atoms with E-state index < -0.39 is 6.10 Å². The fraction of sp³-hybridized carbons (Fsp3) is 0.600. The molecule has 0 spiro atoms. The van der Waals surface area contributed by atoms with E-state index in [1.54, 1.807) is 14.2 Å². The molecular weight excluding hydrogens is 274 g/mol. The zero-order valence-corrected chi connectivity index (χ0v) is 13.5. The molecule has 2 unspecified atom stereocenters. The number of hydrogen-bond donors (Lipinski definition) is 2. The molecule has 2 atom stereocenters. The lowest BCUT2D eigenvalue weighted by molar-refractivity contribution is 0.166. The van der Waals surface area contributed by atoms with Gasteiger partial charge in [0.25, 0.3) is 0 Å². The van der Waals surface area contributed by atoms with E-state index >= 15 is 0 Å². The Morgan fingerprint density at radius 2 is 2.05 bits per heavy atom. The first kappa shape index (κ1) is 17.1. The molecule has 0 radical (unpaired) electrons. The smallest absolute Gasteiger partial charge is 0.124 e. The molecule has 20 heavy (non-hydrogen) atoms. The van der Waals surface area contributed by atoms with Gasteiger partial charge in [0.05, 0.1) is 20.3 Å². The van der Waals surface area contributed by atoms with E-state index in [1.807, 2.05) is 30.0 Å². The highest BCUT2D eigenvalue weighted by Crippen LogP contribution is 2.29. The molecule has 0 heterocycles. The summed E-state index contributed by atoms with van der Waals surface area (Å²) in [5.74, 6) is 2.51. The van der Waals surface area contributed by atoms with Crippen LogP contribution in [-0.2, 0) is 0 Å². The van der Waals surface area contributed by atoms with Gasteiger partial charge in [-0.3, -0.25) is 0 Å². The number of benzene rings is 1. The normalized spacial score (nSPS) is 13.8. The maximum atomic E-state index is 10.3. The summed E-state index contributed by atoms with van der Waals surface area (Å²) >= 11 is 1.83. The first-order chi connectivity index (χ1) is 9.62. The highest BCUT2D eigenvalue weighted by molar-refractivity contribution is 7.98. The summed E-state index contributed by atoms with van der Waals surface area (Å²) in [7, 11) is 3.22. The van der Waals surface area contributed by atoms with Crippen LogP contribution in [0.5, 0.6) is 11.5 Å². The van der Waals surface area contributed by atoms with Crippen LogP contribution >= 0.6 is 11.8 Å². The van der Waals surface area contributed by atoms with Crippen molar-refractivity contribution in [3.63, 3.8) is 0 Å². The molecule has 0 saturated heterocycles. The standard InChI is InChI=1S/C15H25NO3S/c1-11(7-8-20-4)16-10-14(17)13-9-12(18-2)5-6-15(13)19-3/h5-6,9,11,14,16-17H,7-8,10H2,1-4H3. The largest absolute Gasteiger partial charge is 0.497 e. The lowest BCUT2D eigenvalue weighted by Crippen LogP contribution is -2.31. The van der Waals surface area contributed by atoms with Gasteiger partial charge in [0.15, 0.2) is 0 Å². The second-order valence-electron chi connectivity index (χ2n) is 4.71. The van der Waals surface area contributed by atoms with Gasteiger partial charge in [-0.15, -0.1) is 0 Å². The summed E-state index contributed by atoms with van der Waals surface area (Å²) in [6.07, 6.45) is 2.57. The Balaban J connectivity index is 2.63. The minimum absolute atomic E-state index is 0.383. The average molecular weight is 299 g/mol. The third kappa shape index (κ3) is 5.23. The zero-order valence-electron chi connectivity index (χ0n) is 12.7. The van der Waals surface area contributed by atoms with Crippen molar-refractivity contribution in [1.82, 2.24) is 5.32 Å². The molecule has 0 fully saturated rings. The lowest BCUT2D eigenvalue weighted by atomic mass is 10.1. The maximum Gasteiger partial charge on any atom is 0.124 e. The van der Waals surface area contributed by atoms with Crippen molar-refractivity contribution < 1.29 is 14.6 Å². The summed E-state index contributed by atoms with van der Waals surface area (Å²) in [5.41, 5.74) is 0.747. The topological polar surface area (TPSA) is 50.7 Å². The summed E-state index contributed by atoms with van der Waals surface area (Å²) in [4.78, 5) is 0. The molecule has 5 heteroatoms. The Kier molecular flexibility index (Phi) is 7.80. The van der Waals surface area contributed by atoms with Crippen molar-refractivity contribution in [1.29, 1.82) is 0 Å². The van der Waals surface area contributed by atoms with Gasteiger partial charge >= 0.3 is 0 Å². The predicted octanol–water partition coefficient (Wildman–Crippen LogP) is 2.47. The van der Waals surface area contributed by atoms with E-state index in [4.69, 9.17) is 9.47 Å². The summed E-state index contributed by atoms with van der Waals surface area (Å²) in [5, 5.41) is 13.7. The van der Waals surface area contributed by atoms with Crippen LogP contribution in [0.3, 0.4) is 0 Å². The van der Waals surface area contributed by atoms with Gasteiger partial charge in [0.1, 0.15) is 11.5 Å². The second-order valence-corrected chi connectivity index (χ2v) is 5.70. The first-order valence-corrected chi connectivity index (χ1v) is 8.14. The van der Waals surface area contributed by atoms with Crippen molar-refractivity contribution in [2.24, 2.45) is 0 Å². The molecule has 0 aliphatic rings. The van der Waals surface area contributed by atoms with Crippen LogP contribution < -0.4 is 14.8 Å². The number of aliphatic hydroxyl groups is 1. The van der Waals surface area contributed by atoms with Crippen molar-refractivity contribution in [2.45, 2.75) is 25.5 Å². The average Bonchev–Trinajstić information content (AvgIpc) is 2.49. The van der Waals surface area contributed by atoms with Gasteiger partial charge in [-0.05, 0) is 43.6 Å². The fourth-order valence-electron chi connectivity index (χ4n) is 1.92. The molecule has 0 aliphatic heterocycles. The Bertz CT molecular complexity index is 401. The molecule has 0 amide bonds. The van der Waals surface area contributed by atoms with Gasteiger partial charge in [-0.25, -0.2) is 0 Å². The van der Waals surface area contributed by atoms with Crippen LogP contribution in [0.4, 0.5) is 0 Å². The van der Waals surface area contributed by atoms with Gasteiger partial charge in [0.2, 0.25) is 0 Å². The number of ether oxygens (including phenoxy) is 2. The molecule has 1 rings (SSSR count). The second kappa shape index (κ2) is 9.10. The van der Waals surface area contributed by atoms with Crippen LogP contribution in [-0.4, -0.2) is 43.9 Å². The van der Waals surface area contributed by atoms with Gasteiger partial charge in [-0.1, -0.05) is 0 Å². The van der Waals surface area contributed by atoms with Crippen LogP contribution in [0, 0.1) is 0 Å². The molecule has 0 aromatic heterocycles. The Hall–Kier alpha value is -0.910. The fourth-order valence-corrected chi connectivity index (χ4v) is 2.51. The highest BCUT2D eigenvalue weighted by atomic mass is 32.2. The molecule has 4 nitrogen and oxygen atoms in total. The zero-order chi connectivity index (χ0) is 15.0. The maximum absolute atomic E-state index is 10.3. The summed E-state index contributed by atoms with van der Waals surface area (Å²) in [6.45, 7) is 2.63. The SMILES string of the molecule is COc1ccc(OC)c(C(O)CNC(C)CCSC)c1. The van der Waals surface area contributed by atoms with Gasteiger partial charge in [0, 0.05) is 18.2 Å². The van der Waals surface area contributed by atoms with Crippen molar-refractivity contribution in [2.75, 3.05) is 32.8 Å². The van der Waals surface area contributed by atoms with E-state index in [0.717, 1.165) is 23.5 Å². The van der Waals surface area contributed by atoms with Crippen molar-refractivity contribution in [3.8, 4) is 11.5 Å². The van der Waals surface area contributed by atoms with Crippen LogP contribution in [0.25, 0.3) is 0 Å². The highest BCUT2D eigenvalue weighted by Gasteiger charge is 2.15. The molecule has 2 N–H and O–H groups in total. The molecular formula is C15H25NO3S. The number of nitrogens with one attached hydrogen (secondary N) is 1. The summed E-state index contributed by atoms with van der Waals surface area (Å²) < 4.78 is 10.5. The number of rotatable bonds is 9. The molecule has 0 saturated carbocycles. The molecule has 1 aromatic rings. The van der Waals surface area contributed by atoms with Crippen LogP contribution in [0.2, 0.25) is 0 Å². The predicted molar refractivity (Wildman–Crippen MR) is 85.0 cm³/mol. The van der Waals surface area contributed by atoms with Crippen molar-refractivity contribution in [3.05, 3.63) is 23.8 Å². The van der Waals surface area contributed by atoms with E-state index in [1.165, 1.54) is 0 Å². The van der Waals surface area contributed by atoms with Crippen LogP contribution in [0.15, 0.2) is 18.2 Å². The lowest BCUT2D eigenvalue weighted by Gasteiger charge is -2.19. The number of aliphatic hydroxyl groups excluding tert-OH is 1. The Labute approximate surface area is 125 Å². The van der Waals surface area contributed by atoms with E-state index in [9.17, 15) is 5.11 Å². The monoisotopic (exact) mass is 299 g/mol. The number of hydrogen-bond acceptors (Lipinski definition) is 5. The van der Waals surface area contributed by atoms with E-state index in [0.29, 0.717) is 18.3 Å².